The van der Waals surface area contributed by atoms with Crippen LogP contribution in [0.25, 0.3) is 34.0 Å². The second-order valence-electron chi connectivity index (χ2n) is 19.5. The second kappa shape index (κ2) is 20.2. The Morgan fingerprint density at radius 2 is 1.12 bits per heavy atom. The molecule has 2 N–H and O–H groups in total. The van der Waals surface area contributed by atoms with Gasteiger partial charge in [0.05, 0.1) is 47.2 Å². The van der Waals surface area contributed by atoms with Crippen LogP contribution in [-0.2, 0) is 9.68 Å². The summed E-state index contributed by atoms with van der Waals surface area (Å²) < 4.78 is 10.4. The number of carbonyl (C=O) groups excluding carboxylic acids is 2. The molecule has 0 radical (unpaired) electrons. The maximum absolute atomic E-state index is 13.4. The fourth-order valence-corrected chi connectivity index (χ4v) is 9.46. The molecule has 5 aliphatic heterocycles. The van der Waals surface area contributed by atoms with Crippen molar-refractivity contribution in [3.05, 3.63) is 127 Å². The third kappa shape index (κ3) is 10.0. The van der Waals surface area contributed by atoms with E-state index in [1.54, 1.807) is 46.7 Å². The molecule has 0 spiro atoms. The van der Waals surface area contributed by atoms with Crippen LogP contribution in [0.15, 0.2) is 119 Å². The van der Waals surface area contributed by atoms with Crippen LogP contribution >= 0.6 is 11.6 Å². The maximum Gasteiger partial charge on any atom is 0.330 e. The topological polar surface area (TPSA) is 248 Å². The second-order valence-corrected chi connectivity index (χ2v) is 19.8. The Morgan fingerprint density at radius 3 is 1.62 bits per heavy atom. The lowest BCUT2D eigenvalue weighted by Gasteiger charge is -2.35. The van der Waals surface area contributed by atoms with Gasteiger partial charge in [0.25, 0.3) is 5.88 Å². The van der Waals surface area contributed by atoms with Gasteiger partial charge in [-0.15, -0.1) is 0 Å². The van der Waals surface area contributed by atoms with Gasteiger partial charge in [-0.05, 0) is 115 Å². The molecule has 3 saturated heterocycles. The number of rotatable bonds is 6. The lowest BCUT2D eigenvalue weighted by Crippen LogP contribution is -2.48. The van der Waals surface area contributed by atoms with Gasteiger partial charge in [-0.2, -0.15) is 0 Å². The minimum Gasteiger partial charge on any atom is -0.442 e. The first-order valence-electron chi connectivity index (χ1n) is 24.5. The molecule has 4 amide bonds. The minimum absolute atomic E-state index is 0.0249. The summed E-state index contributed by atoms with van der Waals surface area (Å²) in [6.45, 7) is 15.1. The number of aryl methyl sites for hydroxylation is 2. The summed E-state index contributed by atoms with van der Waals surface area (Å²) in [7, 11) is 0. The molecule has 23 nitrogen and oxygen atoms in total. The zero-order valence-corrected chi connectivity index (χ0v) is 43.1. The predicted molar refractivity (Wildman–Crippen MR) is 283 cm³/mol. The fourth-order valence-electron chi connectivity index (χ4n) is 9.32. The van der Waals surface area contributed by atoms with E-state index >= 15 is 0 Å². The molecule has 76 heavy (non-hydrogen) atoms. The molecular weight excluding hydrogens is 994 g/mol. The van der Waals surface area contributed by atoms with Crippen LogP contribution in [0.3, 0.4) is 0 Å². The highest BCUT2D eigenvalue weighted by Gasteiger charge is 2.51. The molecule has 0 aromatic carbocycles. The third-order valence-corrected chi connectivity index (χ3v) is 14.0. The SMILES string of the molecule is CC1(C)ON(c2cnco2)OC1(C)C.Cc1cc(-c2ccc3c(n2)N(C(=O)Nc2nccc(-c4cnco4)n2)[C@H]2CCN3C2)ccn1.Cc1cc(-c2ccc3c(n2)N(C(=O)Nc2nccc(Cl)n2)[C@H]2CCN3C2)ccn1. The molecule has 388 valence electrons. The molecule has 13 heterocycles. The molecule has 4 bridgehead atoms. The smallest absolute Gasteiger partial charge is 0.330 e. The minimum atomic E-state index is -0.403. The highest BCUT2D eigenvalue weighted by Crippen LogP contribution is 2.43. The van der Waals surface area contributed by atoms with Crippen LogP contribution in [0.5, 0.6) is 0 Å². The van der Waals surface area contributed by atoms with Gasteiger partial charge >= 0.3 is 12.1 Å². The molecule has 24 heteroatoms. The number of nitrogens with zero attached hydrogens (tertiary/aromatic N) is 15. The lowest BCUT2D eigenvalue weighted by atomic mass is 9.90. The van der Waals surface area contributed by atoms with Gasteiger partial charge in [-0.1, -0.05) is 16.8 Å². The van der Waals surface area contributed by atoms with Crippen molar-refractivity contribution in [1.29, 1.82) is 0 Å². The van der Waals surface area contributed by atoms with Crippen molar-refractivity contribution in [2.24, 2.45) is 0 Å². The number of nitrogens with one attached hydrogen (secondary N) is 2. The van der Waals surface area contributed by atoms with Crippen molar-refractivity contribution in [1.82, 2.24) is 49.8 Å². The number of oxazole rings is 2. The quantitative estimate of drug-likeness (QED) is 0.147. The summed E-state index contributed by atoms with van der Waals surface area (Å²) in [6.07, 6.45) is 14.1. The third-order valence-electron chi connectivity index (χ3n) is 13.8. The first kappa shape index (κ1) is 49.5. The monoisotopic (exact) mass is 1050 g/mol. The first-order valence-corrected chi connectivity index (χ1v) is 24.9. The summed E-state index contributed by atoms with van der Waals surface area (Å²) >= 11 is 5.92. The van der Waals surface area contributed by atoms with Crippen LogP contribution in [-0.4, -0.2) is 111 Å². The Hall–Kier alpha value is -8.67. The Labute approximate surface area is 441 Å². The van der Waals surface area contributed by atoms with Gasteiger partial charge in [0, 0.05) is 73.5 Å². The standard InChI is InChI=1S/C23H20N8O2.C20H18ClN7O.C9H14N2O3/c1-14-10-15(4-7-25-14)17-2-3-19-21(27-17)31(16-6-9-30(19)12-16)23(32)29-22-26-8-5-18(28-22)20-11-24-13-33-20;1-12-10-13(4-7-22-12)15-2-3-16-18(24-15)28(14-6-9-27(16)11-14)20(29)26-19-23-8-5-17(21)25-19;1-8(2)9(3,4)14-11(13-8)7-5-10-6-12-7/h2-5,7-8,10-11,13,16H,6,9,12H2,1H3,(H,26,28,29,32);2-5,7-8,10,14H,6,9,11H2,1H3,(H,23,25,26,29);5-6H,1-4H3/t16-;14-;/m00./s1. The molecule has 0 saturated carbocycles. The number of halogens is 1. The van der Waals surface area contributed by atoms with Crippen LogP contribution in [0.1, 0.15) is 51.9 Å². The predicted octanol–water partition coefficient (Wildman–Crippen LogP) is 8.97. The number of urea groups is 2. The van der Waals surface area contributed by atoms with Gasteiger partial charge in [0.2, 0.25) is 11.9 Å². The highest BCUT2D eigenvalue weighted by atomic mass is 35.5. The van der Waals surface area contributed by atoms with Crippen molar-refractivity contribution in [2.75, 3.05) is 61.6 Å². The van der Waals surface area contributed by atoms with E-state index in [0.717, 1.165) is 84.3 Å². The molecule has 0 aliphatic carbocycles. The molecular formula is C52H52ClN17O6. The number of pyridine rings is 4. The van der Waals surface area contributed by atoms with Gasteiger partial charge in [0.15, 0.2) is 30.2 Å². The van der Waals surface area contributed by atoms with Crippen molar-refractivity contribution >= 4 is 64.5 Å². The van der Waals surface area contributed by atoms with E-state index in [1.807, 2.05) is 90.1 Å². The van der Waals surface area contributed by atoms with E-state index < -0.39 is 11.2 Å². The van der Waals surface area contributed by atoms with Gasteiger partial charge in [-0.25, -0.2) is 59.1 Å². The van der Waals surface area contributed by atoms with E-state index in [2.05, 4.69) is 60.3 Å². The van der Waals surface area contributed by atoms with Gasteiger partial charge < -0.3 is 18.6 Å². The number of hydrogen-bond donors (Lipinski definition) is 2. The molecule has 0 unspecified atom stereocenters. The molecule has 2 atom stereocenters. The van der Waals surface area contributed by atoms with Crippen molar-refractivity contribution < 1.29 is 28.1 Å². The molecule has 8 aromatic rings. The van der Waals surface area contributed by atoms with Crippen molar-refractivity contribution in [3.8, 4) is 34.0 Å². The number of fused-ring (bicyclic) bond motifs is 8. The van der Waals surface area contributed by atoms with Gasteiger partial charge in [-0.3, -0.25) is 30.4 Å². The largest absolute Gasteiger partial charge is 0.442 e. The Kier molecular flexibility index (Phi) is 13.2. The van der Waals surface area contributed by atoms with Crippen LogP contribution in [0.2, 0.25) is 5.15 Å². The molecule has 5 aliphatic rings. The zero-order chi connectivity index (χ0) is 52.7. The van der Waals surface area contributed by atoms with Gasteiger partial charge in [0.1, 0.15) is 22.0 Å². The van der Waals surface area contributed by atoms with Crippen LogP contribution in [0.4, 0.5) is 50.4 Å². The molecule has 8 aromatic heterocycles. The highest BCUT2D eigenvalue weighted by molar-refractivity contribution is 6.29. The maximum atomic E-state index is 13.4. The average Bonchev–Trinajstić information content (AvgIpc) is 4.28. The first-order chi connectivity index (χ1) is 36.7. The lowest BCUT2D eigenvalue weighted by molar-refractivity contribution is -0.0361. The Bertz CT molecular complexity index is 3400. The number of aromatic nitrogens is 10. The average molecular weight is 1050 g/mol. The Balaban J connectivity index is 0.000000131. The zero-order valence-electron chi connectivity index (χ0n) is 42.3. The fraction of sp³-hybridized carbons (Fsp3) is 0.308. The summed E-state index contributed by atoms with van der Waals surface area (Å²) in [5.41, 5.74) is 6.98. The molecule has 13 rings (SSSR count). The van der Waals surface area contributed by atoms with Crippen LogP contribution < -0.4 is 35.5 Å². The number of anilines is 7. The summed E-state index contributed by atoms with van der Waals surface area (Å²) in [5.74, 6) is 2.59. The van der Waals surface area contributed by atoms with E-state index in [-0.39, 0.29) is 41.2 Å². The number of amides is 4. The number of hydrogen-bond acceptors (Lipinski definition) is 19. The van der Waals surface area contributed by atoms with Crippen molar-refractivity contribution in [2.45, 2.75) is 77.7 Å². The van der Waals surface area contributed by atoms with E-state index in [0.29, 0.717) is 29.0 Å². The summed E-state index contributed by atoms with van der Waals surface area (Å²) in [5, 5.41) is 7.14. The summed E-state index contributed by atoms with van der Waals surface area (Å²) in [4.78, 5) is 88.5. The van der Waals surface area contributed by atoms with E-state index in [9.17, 15) is 9.59 Å². The normalized spacial score (nSPS) is 18.2. The van der Waals surface area contributed by atoms with E-state index in [1.165, 1.54) is 30.4 Å². The number of carbonyl (C=O) groups is 2. The Morgan fingerprint density at radius 1 is 0.605 bits per heavy atom. The van der Waals surface area contributed by atoms with E-state index in [4.69, 9.17) is 40.1 Å². The van der Waals surface area contributed by atoms with Crippen LogP contribution in [0, 0.1) is 13.8 Å². The van der Waals surface area contributed by atoms with Crippen molar-refractivity contribution in [3.63, 3.8) is 0 Å². The summed E-state index contributed by atoms with van der Waals surface area (Å²) in [6, 6.07) is 18.6. The molecule has 3 fully saturated rings.